The molecule has 0 saturated carbocycles. The highest BCUT2D eigenvalue weighted by molar-refractivity contribution is 6.04. The van der Waals surface area contributed by atoms with Gasteiger partial charge in [0.2, 0.25) is 0 Å². The molecular formula is C15H14O5. The van der Waals surface area contributed by atoms with Crippen molar-refractivity contribution in [1.29, 1.82) is 0 Å². The Balaban J connectivity index is 1.92. The van der Waals surface area contributed by atoms with Crippen molar-refractivity contribution in [3.63, 3.8) is 0 Å². The quantitative estimate of drug-likeness (QED) is 0.731. The van der Waals surface area contributed by atoms with E-state index in [9.17, 15) is 20.1 Å². The highest BCUT2D eigenvalue weighted by atomic mass is 16.5. The number of benzene rings is 1. The van der Waals surface area contributed by atoms with E-state index in [1.54, 1.807) is 18.2 Å². The Bertz CT molecular complexity index is 629. The second kappa shape index (κ2) is 4.59. The van der Waals surface area contributed by atoms with Crippen LogP contribution >= 0.6 is 0 Å². The topological polar surface area (TPSA) is 87.0 Å². The highest BCUT2D eigenvalue weighted by Gasteiger charge is 2.36. The van der Waals surface area contributed by atoms with Crippen molar-refractivity contribution >= 4 is 5.78 Å². The van der Waals surface area contributed by atoms with Crippen LogP contribution in [0.15, 0.2) is 36.1 Å². The Morgan fingerprint density at radius 3 is 2.70 bits per heavy atom. The van der Waals surface area contributed by atoms with Crippen molar-refractivity contribution in [2.24, 2.45) is 11.8 Å². The second-order valence-corrected chi connectivity index (χ2v) is 5.01. The molecule has 104 valence electrons. The number of aliphatic hydroxyl groups is 1. The number of phenolic OH excluding ortho intramolecular Hbond substituents is 2. The van der Waals surface area contributed by atoms with Crippen LogP contribution in [0.3, 0.4) is 0 Å². The van der Waals surface area contributed by atoms with Crippen molar-refractivity contribution < 1.29 is 24.9 Å². The monoisotopic (exact) mass is 274 g/mol. The molecule has 20 heavy (non-hydrogen) atoms. The molecule has 5 heteroatoms. The van der Waals surface area contributed by atoms with Crippen LogP contribution in [0.25, 0.3) is 0 Å². The van der Waals surface area contributed by atoms with Gasteiger partial charge in [-0.2, -0.15) is 0 Å². The Morgan fingerprint density at radius 1 is 1.20 bits per heavy atom. The molecule has 0 aromatic heterocycles. The first-order chi connectivity index (χ1) is 9.56. The summed E-state index contributed by atoms with van der Waals surface area (Å²) in [7, 11) is 0. The molecule has 2 atom stereocenters. The van der Waals surface area contributed by atoms with Crippen molar-refractivity contribution in [2.75, 3.05) is 6.61 Å². The van der Waals surface area contributed by atoms with E-state index in [0.717, 1.165) is 6.07 Å². The number of allylic oxidation sites excluding steroid dienone is 3. The van der Waals surface area contributed by atoms with Crippen molar-refractivity contribution in [1.82, 2.24) is 0 Å². The second-order valence-electron chi connectivity index (χ2n) is 5.01. The number of carbonyl (C=O) groups is 1. The maximum absolute atomic E-state index is 12.5. The van der Waals surface area contributed by atoms with Gasteiger partial charge in [-0.15, -0.1) is 0 Å². The first-order valence-electron chi connectivity index (χ1n) is 6.36. The number of ketones is 1. The van der Waals surface area contributed by atoms with Crippen molar-refractivity contribution in [3.05, 3.63) is 41.7 Å². The lowest BCUT2D eigenvalue weighted by Gasteiger charge is -2.29. The zero-order valence-corrected chi connectivity index (χ0v) is 10.6. The molecule has 1 aliphatic heterocycles. The zero-order valence-electron chi connectivity index (χ0n) is 10.6. The smallest absolute Gasteiger partial charge is 0.177 e. The van der Waals surface area contributed by atoms with Crippen molar-refractivity contribution in [2.45, 2.75) is 6.42 Å². The Labute approximate surface area is 115 Å². The van der Waals surface area contributed by atoms with Gasteiger partial charge in [0, 0.05) is 12.1 Å². The van der Waals surface area contributed by atoms with Crippen LogP contribution in [0.1, 0.15) is 16.8 Å². The van der Waals surface area contributed by atoms with Gasteiger partial charge in [0.05, 0.1) is 12.5 Å². The van der Waals surface area contributed by atoms with Gasteiger partial charge in [0.25, 0.3) is 0 Å². The molecule has 0 spiro atoms. The Kier molecular flexibility index (Phi) is 2.89. The fraction of sp³-hybridized carbons (Fsp3) is 0.267. The molecule has 0 amide bonds. The van der Waals surface area contributed by atoms with E-state index in [0.29, 0.717) is 6.42 Å². The largest absolute Gasteiger partial charge is 0.508 e. The standard InChI is InChI=1S/C15H14O5/c16-9-3-1-8(2-4-9)11-7-20-13-6-10(17)5-12(18)14(13)15(11)19/h1,3-6,8,11,16-18H,2,7H2. The number of aromatic hydroxyl groups is 2. The third kappa shape index (κ3) is 2.01. The number of hydrogen-bond acceptors (Lipinski definition) is 5. The minimum Gasteiger partial charge on any atom is -0.508 e. The molecule has 3 rings (SSSR count). The molecule has 0 radical (unpaired) electrons. The SMILES string of the molecule is O=C1c2c(O)cc(O)cc2OCC1C1C=CC(O)=CC1. The Morgan fingerprint density at radius 2 is 2.00 bits per heavy atom. The van der Waals surface area contributed by atoms with Gasteiger partial charge in [-0.05, 0) is 24.5 Å². The van der Waals surface area contributed by atoms with E-state index in [2.05, 4.69) is 0 Å². The number of aliphatic hydroxyl groups excluding tert-OH is 1. The van der Waals surface area contributed by atoms with Gasteiger partial charge >= 0.3 is 0 Å². The maximum atomic E-state index is 12.5. The summed E-state index contributed by atoms with van der Waals surface area (Å²) in [6.45, 7) is 0.193. The molecule has 1 aromatic carbocycles. The first-order valence-corrected chi connectivity index (χ1v) is 6.36. The van der Waals surface area contributed by atoms with E-state index in [4.69, 9.17) is 4.74 Å². The average Bonchev–Trinajstić information content (AvgIpc) is 2.39. The number of phenols is 2. The molecule has 0 bridgehead atoms. The van der Waals surface area contributed by atoms with Gasteiger partial charge < -0.3 is 20.1 Å². The van der Waals surface area contributed by atoms with Gasteiger partial charge in [-0.3, -0.25) is 4.79 Å². The Hall–Kier alpha value is -2.43. The molecule has 1 heterocycles. The predicted octanol–water partition coefficient (Wildman–Crippen LogP) is 2.31. The summed E-state index contributed by atoms with van der Waals surface area (Å²) >= 11 is 0. The summed E-state index contributed by atoms with van der Waals surface area (Å²) in [6.07, 6.45) is 5.55. The van der Waals surface area contributed by atoms with Gasteiger partial charge in [0.15, 0.2) is 5.78 Å². The minimum atomic E-state index is -0.404. The van der Waals surface area contributed by atoms with Crippen LogP contribution in [-0.2, 0) is 0 Å². The molecule has 2 aliphatic rings. The van der Waals surface area contributed by atoms with Gasteiger partial charge in [-0.25, -0.2) is 0 Å². The number of hydrogen-bond donors (Lipinski definition) is 3. The normalized spacial score (nSPS) is 24.8. The predicted molar refractivity (Wildman–Crippen MR) is 71.0 cm³/mol. The van der Waals surface area contributed by atoms with Crippen LogP contribution in [0.4, 0.5) is 0 Å². The molecule has 0 saturated heterocycles. The molecule has 2 unspecified atom stereocenters. The summed E-state index contributed by atoms with van der Waals surface area (Å²) in [6, 6.07) is 2.45. The molecule has 5 nitrogen and oxygen atoms in total. The van der Waals surface area contributed by atoms with E-state index < -0.39 is 5.92 Å². The van der Waals surface area contributed by atoms with Crippen LogP contribution in [-0.4, -0.2) is 27.7 Å². The zero-order chi connectivity index (χ0) is 14.3. The number of carbonyl (C=O) groups excluding carboxylic acids is 1. The maximum Gasteiger partial charge on any atom is 0.177 e. The fourth-order valence-corrected chi connectivity index (χ4v) is 2.63. The van der Waals surface area contributed by atoms with Crippen LogP contribution in [0.5, 0.6) is 17.2 Å². The first kappa shape index (κ1) is 12.6. The molecular weight excluding hydrogens is 260 g/mol. The molecule has 0 fully saturated rings. The lowest BCUT2D eigenvalue weighted by atomic mass is 9.80. The summed E-state index contributed by atoms with van der Waals surface area (Å²) < 4.78 is 5.49. The van der Waals surface area contributed by atoms with Crippen LogP contribution < -0.4 is 4.74 Å². The summed E-state index contributed by atoms with van der Waals surface area (Å²) in [5.41, 5.74) is 0.117. The van der Waals surface area contributed by atoms with E-state index in [1.165, 1.54) is 6.07 Å². The van der Waals surface area contributed by atoms with Crippen molar-refractivity contribution in [3.8, 4) is 17.2 Å². The molecule has 1 aliphatic carbocycles. The van der Waals surface area contributed by atoms with E-state index in [-0.39, 0.29) is 46.9 Å². The van der Waals surface area contributed by atoms with Gasteiger partial charge in [0.1, 0.15) is 28.6 Å². The van der Waals surface area contributed by atoms with E-state index >= 15 is 0 Å². The minimum absolute atomic E-state index is 0.0697. The fourth-order valence-electron chi connectivity index (χ4n) is 2.63. The van der Waals surface area contributed by atoms with Crippen LogP contribution in [0, 0.1) is 11.8 Å². The summed E-state index contributed by atoms with van der Waals surface area (Å²) in [4.78, 5) is 12.5. The third-order valence-electron chi connectivity index (χ3n) is 3.70. The van der Waals surface area contributed by atoms with E-state index in [1.807, 2.05) is 0 Å². The number of Topliss-reactive ketones (excluding diaryl/α,β-unsaturated/α-hetero) is 1. The molecule has 3 N–H and O–H groups in total. The lowest BCUT2D eigenvalue weighted by molar-refractivity contribution is 0.0775. The molecule has 1 aromatic rings. The number of rotatable bonds is 1. The lowest BCUT2D eigenvalue weighted by Crippen LogP contribution is -2.33. The summed E-state index contributed by atoms with van der Waals surface area (Å²) in [5.74, 6) is -0.683. The average molecular weight is 274 g/mol. The highest BCUT2D eigenvalue weighted by Crippen LogP contribution is 2.40. The number of fused-ring (bicyclic) bond motifs is 1. The summed E-state index contributed by atoms with van der Waals surface area (Å²) in [5, 5.41) is 28.6. The third-order valence-corrected chi connectivity index (χ3v) is 3.70. The van der Waals surface area contributed by atoms with Gasteiger partial charge in [-0.1, -0.05) is 6.08 Å². The van der Waals surface area contributed by atoms with Crippen LogP contribution in [0.2, 0.25) is 0 Å². The number of ether oxygens (including phenoxy) is 1.